The highest BCUT2D eigenvalue weighted by atomic mass is 31.2. The van der Waals surface area contributed by atoms with Crippen LogP contribution >= 0.6 is 31.3 Å². The normalized spacial score (nSPS) is 28.1. The van der Waals surface area contributed by atoms with Crippen molar-refractivity contribution < 1.29 is 93.3 Å². The molecular formula is C39H50N18O22P4. The topological polar surface area (TPSA) is 561 Å². The van der Waals surface area contributed by atoms with E-state index in [0.717, 1.165) is 10.9 Å². The molecule has 0 aromatic carbocycles. The summed E-state index contributed by atoms with van der Waals surface area (Å²) in [5.74, 6) is -0.276. The molecule has 0 amide bonds. The van der Waals surface area contributed by atoms with Crippen LogP contribution in [0.1, 0.15) is 57.0 Å². The van der Waals surface area contributed by atoms with Crippen molar-refractivity contribution in [3.8, 4) is 0 Å². The zero-order valence-corrected chi connectivity index (χ0v) is 45.9. The van der Waals surface area contributed by atoms with E-state index in [1.54, 1.807) is 4.57 Å². The summed E-state index contributed by atoms with van der Waals surface area (Å²) in [5, 5.41) is 0. The third-order valence-corrected chi connectivity index (χ3v) is 16.9. The van der Waals surface area contributed by atoms with Crippen molar-refractivity contribution in [1.29, 1.82) is 0 Å². The molecule has 14 atom stereocenters. The Kier molecular flexibility index (Phi) is 16.2. The van der Waals surface area contributed by atoms with E-state index in [9.17, 15) is 52.3 Å². The van der Waals surface area contributed by atoms with Gasteiger partial charge in [0.2, 0.25) is 5.95 Å². The van der Waals surface area contributed by atoms with E-state index >= 15 is 0 Å². The summed E-state index contributed by atoms with van der Waals surface area (Å²) in [7, 11) is -20.9. The molecule has 0 spiro atoms. The summed E-state index contributed by atoms with van der Waals surface area (Å²) < 4.78 is 120. The minimum atomic E-state index is -5.39. The number of rotatable bonds is 22. The molecule has 14 N–H and O–H groups in total. The molecule has 4 saturated heterocycles. The Morgan fingerprint density at radius 3 is 1.51 bits per heavy atom. The van der Waals surface area contributed by atoms with Crippen molar-refractivity contribution in [2.45, 2.75) is 99.7 Å². The van der Waals surface area contributed by atoms with Crippen LogP contribution in [0.5, 0.6) is 0 Å². The molecule has 6 unspecified atom stereocenters. The van der Waals surface area contributed by atoms with E-state index in [-0.39, 0.29) is 58.6 Å². The van der Waals surface area contributed by atoms with Gasteiger partial charge in [-0.1, -0.05) is 0 Å². The van der Waals surface area contributed by atoms with Crippen LogP contribution in [-0.2, 0) is 68.9 Å². The highest BCUT2D eigenvalue weighted by Gasteiger charge is 2.48. The quantitative estimate of drug-likeness (QED) is 0.0384. The predicted octanol–water partition coefficient (Wildman–Crippen LogP) is -0.459. The number of aromatic amines is 1. The summed E-state index contributed by atoms with van der Waals surface area (Å²) in [6.07, 6.45) is -6.91. The van der Waals surface area contributed by atoms with Gasteiger partial charge in [0.15, 0.2) is 34.1 Å². The fraction of sp³-hybridized carbons (Fsp3) is 0.513. The molecule has 40 nitrogen and oxygen atoms in total. The first-order chi connectivity index (χ1) is 39.3. The zero-order valence-electron chi connectivity index (χ0n) is 42.3. The number of hydrogen-bond donors (Lipinski definition) is 10. The van der Waals surface area contributed by atoms with E-state index in [1.165, 1.54) is 46.7 Å². The number of anilines is 4. The van der Waals surface area contributed by atoms with Gasteiger partial charge >= 0.3 is 37.0 Å². The summed E-state index contributed by atoms with van der Waals surface area (Å²) in [4.78, 5) is 117. The second kappa shape index (κ2) is 23.0. The lowest BCUT2D eigenvalue weighted by atomic mass is 10.2. The molecule has 4 aliphatic heterocycles. The lowest BCUT2D eigenvalue weighted by molar-refractivity contribution is -0.0613. The van der Waals surface area contributed by atoms with Crippen molar-refractivity contribution in [2.75, 3.05) is 49.4 Å². The van der Waals surface area contributed by atoms with Gasteiger partial charge in [-0.2, -0.15) is 9.97 Å². The molecule has 0 bridgehead atoms. The number of phosphoric ester groups is 4. The molecule has 11 heterocycles. The molecule has 7 aromatic rings. The molecule has 11 rings (SSSR count). The molecule has 4 aliphatic rings. The minimum absolute atomic E-state index is 0.0167. The van der Waals surface area contributed by atoms with Crippen LogP contribution < -0.4 is 34.2 Å². The van der Waals surface area contributed by atoms with Crippen LogP contribution in [0.25, 0.3) is 33.5 Å². The van der Waals surface area contributed by atoms with E-state index in [4.69, 9.17) is 69.0 Å². The van der Waals surface area contributed by atoms with Crippen molar-refractivity contribution in [2.24, 2.45) is 0 Å². The van der Waals surface area contributed by atoms with E-state index < -0.39 is 143 Å². The fourth-order valence-corrected chi connectivity index (χ4v) is 12.9. The monoisotopic (exact) mass is 1250 g/mol. The molecule has 7 aromatic heterocycles. The van der Waals surface area contributed by atoms with Crippen LogP contribution in [0.4, 0.5) is 23.4 Å². The number of nitrogens with one attached hydrogen (secondary N) is 1. The Morgan fingerprint density at radius 2 is 1.00 bits per heavy atom. The Labute approximate surface area is 462 Å². The fourth-order valence-electron chi connectivity index (χ4n) is 9.66. The van der Waals surface area contributed by atoms with Gasteiger partial charge in [0.05, 0.1) is 51.5 Å². The second-order valence-electron chi connectivity index (χ2n) is 18.9. The first-order valence-corrected chi connectivity index (χ1v) is 30.6. The number of ether oxygens (including phenoxy) is 4. The van der Waals surface area contributed by atoms with E-state index in [2.05, 4.69) is 54.4 Å². The molecule has 0 saturated carbocycles. The summed E-state index contributed by atoms with van der Waals surface area (Å²) in [6, 6.07) is 1.24. The number of hydrogen-bond acceptors (Lipinski definition) is 30. The summed E-state index contributed by atoms with van der Waals surface area (Å²) >= 11 is 0. The largest absolute Gasteiger partial charge is 0.472 e. The van der Waals surface area contributed by atoms with Gasteiger partial charge in [-0.15, -0.1) is 0 Å². The van der Waals surface area contributed by atoms with Crippen LogP contribution in [0.2, 0.25) is 0 Å². The van der Waals surface area contributed by atoms with Crippen molar-refractivity contribution in [3.05, 3.63) is 64.7 Å². The van der Waals surface area contributed by atoms with Crippen molar-refractivity contribution in [1.82, 2.24) is 68.1 Å². The van der Waals surface area contributed by atoms with Crippen molar-refractivity contribution in [3.63, 3.8) is 0 Å². The van der Waals surface area contributed by atoms with Crippen molar-refractivity contribution >= 4 is 88.2 Å². The van der Waals surface area contributed by atoms with Crippen LogP contribution in [0, 0.1) is 0 Å². The molecule has 448 valence electrons. The Balaban J connectivity index is 0.778. The Hall–Kier alpha value is -6.19. The molecule has 4 fully saturated rings. The minimum Gasteiger partial charge on any atom is -0.383 e. The molecule has 44 heteroatoms. The van der Waals surface area contributed by atoms with Gasteiger partial charge in [-0.25, -0.2) is 57.9 Å². The lowest BCUT2D eigenvalue weighted by Crippen LogP contribution is -2.31. The number of nitrogens with two attached hydrogens (primary N) is 4. The smallest absolute Gasteiger partial charge is 0.383 e. The number of H-pyrrole nitrogens is 1. The van der Waals surface area contributed by atoms with Crippen LogP contribution in [-0.4, -0.2) is 162 Å². The van der Waals surface area contributed by atoms with Gasteiger partial charge in [-0.05, 0) is 18.9 Å². The maximum absolute atomic E-state index is 14.0. The SMILES string of the molecule is Nc1ccn([C@H]2CC(OP(=O)(O)OC[C@H]3O[C@@H](n4cnc5c(=O)[nH]c(N)nc54)CC3OP(=O)(O)OC[C@@H]3CC[C@H](n4cnc5c(N)ncnc54)O3)[C@@H](COP(=O)(O)OC3C[C@H](n4cnc5c(N)ncnc54)O[C@@H]3COP(=O)(O)O)O2)c(=O)n1. The van der Waals surface area contributed by atoms with Crippen LogP contribution in [0.15, 0.2) is 53.5 Å². The Morgan fingerprint density at radius 1 is 0.542 bits per heavy atom. The number of nitrogen functional groups attached to an aromatic ring is 4. The predicted molar refractivity (Wildman–Crippen MR) is 274 cm³/mol. The van der Waals surface area contributed by atoms with Gasteiger partial charge in [-0.3, -0.25) is 59.7 Å². The number of imidazole rings is 3. The third kappa shape index (κ3) is 13.1. The van der Waals surface area contributed by atoms with E-state index in [0.29, 0.717) is 24.0 Å². The van der Waals surface area contributed by atoms with Gasteiger partial charge in [0.1, 0.15) is 91.0 Å². The van der Waals surface area contributed by atoms with Gasteiger partial charge < -0.3 is 66.3 Å². The van der Waals surface area contributed by atoms with E-state index in [1.807, 2.05) is 0 Å². The zero-order chi connectivity index (χ0) is 58.8. The lowest BCUT2D eigenvalue weighted by Gasteiger charge is -2.25. The average molecular weight is 1250 g/mol. The highest BCUT2D eigenvalue weighted by Crippen LogP contribution is 2.54. The number of phosphoric acid groups is 4. The third-order valence-electron chi connectivity index (χ3n) is 13.4. The summed E-state index contributed by atoms with van der Waals surface area (Å²) in [5.41, 5.74) is 22.6. The maximum Gasteiger partial charge on any atom is 0.472 e. The number of fused-ring (bicyclic) bond motifs is 3. The standard InChI is InChI=1S/C39H50N18O22P4/c40-24-3-4-54(39(59)51-24)26-5-18(22(74-26)10-71-83(67,68)79-19-6-27(75-21(19)9-69-80(60,61)62)56-15-49-30-33(42)45-13-47-35(30)56)78-82(65,66)72-11-23-20(7-28(76-23)57-16-50-31-36(57)52-38(43)53-37(31)58)77-81(63,64)70-8-17-1-2-25(73-17)55-14-48-29-32(41)44-12-46-34(29)55/h3-4,12-23,25-28H,1-2,5-11H2,(H,63,64)(H,65,66)(H,67,68)(H2,40,51,59)(H2,41,44,46)(H2,42,45,47)(H2,60,61,62)(H3,43,52,53,58)/t17-,18?,19?,20?,21+,22+,23+,25+,26+,27+,28+/m0/s1. The average Bonchev–Trinajstić information content (AvgIpc) is 4.50. The van der Waals surface area contributed by atoms with Gasteiger partial charge in [0.25, 0.3) is 5.56 Å². The molecule has 0 aliphatic carbocycles. The van der Waals surface area contributed by atoms with Gasteiger partial charge in [0, 0.05) is 25.5 Å². The first-order valence-electron chi connectivity index (χ1n) is 24.6. The highest BCUT2D eigenvalue weighted by molar-refractivity contribution is 7.48. The summed E-state index contributed by atoms with van der Waals surface area (Å²) in [6.45, 7) is -3.20. The molecular weight excluding hydrogens is 1200 g/mol. The Bertz CT molecular complexity index is 3880. The first kappa shape index (κ1) is 58.6. The maximum atomic E-state index is 14.0. The molecule has 0 radical (unpaired) electrons. The number of nitrogens with zero attached hydrogens (tertiary/aromatic N) is 13. The second-order valence-corrected chi connectivity index (χ2v) is 24.3. The van der Waals surface area contributed by atoms with Crippen LogP contribution in [0.3, 0.4) is 0 Å². The number of aromatic nitrogens is 14. The molecule has 83 heavy (non-hydrogen) atoms.